The predicted molar refractivity (Wildman–Crippen MR) is 125 cm³/mol. The fourth-order valence-corrected chi connectivity index (χ4v) is 4.82. The van der Waals surface area contributed by atoms with E-state index >= 15 is 0 Å². The quantitative estimate of drug-likeness (QED) is 0.525. The van der Waals surface area contributed by atoms with Crippen LogP contribution in [0.15, 0.2) is 59.5 Å². The summed E-state index contributed by atoms with van der Waals surface area (Å²) in [4.78, 5) is 38.1. The Morgan fingerprint density at radius 2 is 1.59 bits per heavy atom. The van der Waals surface area contributed by atoms with E-state index in [1.807, 2.05) is 0 Å². The molecule has 0 aliphatic carbocycles. The van der Waals surface area contributed by atoms with Crippen molar-refractivity contribution in [1.29, 1.82) is 0 Å². The highest BCUT2D eigenvalue weighted by Crippen LogP contribution is 2.22. The molecule has 2 aromatic carbocycles. The summed E-state index contributed by atoms with van der Waals surface area (Å²) in [6.07, 6.45) is 1.01. The van der Waals surface area contributed by atoms with E-state index in [0.29, 0.717) is 38.2 Å². The summed E-state index contributed by atoms with van der Waals surface area (Å²) >= 11 is 0. The smallest absolute Gasteiger partial charge is 0.338 e. The number of rotatable bonds is 8. The lowest BCUT2D eigenvalue weighted by Crippen LogP contribution is -2.42. The maximum absolute atomic E-state index is 12.8. The highest BCUT2D eigenvalue weighted by molar-refractivity contribution is 7.92. The van der Waals surface area contributed by atoms with Gasteiger partial charge in [-0.15, -0.1) is 0 Å². The number of carbonyl (C=O) groups excluding carboxylic acids is 3. The molecule has 1 amide bonds. The van der Waals surface area contributed by atoms with Gasteiger partial charge in [-0.1, -0.05) is 18.2 Å². The molecule has 1 saturated heterocycles. The fraction of sp³-hybridized carbons (Fsp3) is 0.375. The van der Waals surface area contributed by atoms with Crippen LogP contribution in [0.3, 0.4) is 0 Å². The number of anilines is 1. The minimum absolute atomic E-state index is 0.0240. The van der Waals surface area contributed by atoms with Gasteiger partial charge in [0.2, 0.25) is 0 Å². The number of hydrogen-bond acceptors (Lipinski definition) is 7. The van der Waals surface area contributed by atoms with Crippen LogP contribution < -0.4 is 4.31 Å². The van der Waals surface area contributed by atoms with Crippen LogP contribution in [-0.2, 0) is 29.1 Å². The molecule has 10 heteroatoms. The van der Waals surface area contributed by atoms with Crippen molar-refractivity contribution < 1.29 is 32.3 Å². The first-order valence-electron chi connectivity index (χ1n) is 11.0. The van der Waals surface area contributed by atoms with Gasteiger partial charge in [0.25, 0.3) is 15.9 Å². The Hall–Kier alpha value is -3.40. The highest BCUT2D eigenvalue weighted by atomic mass is 32.2. The first-order valence-corrected chi connectivity index (χ1v) is 12.4. The molecule has 0 unspecified atom stereocenters. The van der Waals surface area contributed by atoms with E-state index in [2.05, 4.69) is 0 Å². The minimum Gasteiger partial charge on any atom is -0.466 e. The molecule has 0 saturated carbocycles. The van der Waals surface area contributed by atoms with Crippen LogP contribution in [0, 0.1) is 5.92 Å². The van der Waals surface area contributed by atoms with Crippen LogP contribution in [0.5, 0.6) is 0 Å². The Bertz CT molecular complexity index is 1110. The first kappa shape index (κ1) is 25.2. The molecule has 1 heterocycles. The summed E-state index contributed by atoms with van der Waals surface area (Å²) in [6, 6.07) is 14.0. The maximum Gasteiger partial charge on any atom is 0.338 e. The Morgan fingerprint density at radius 1 is 0.971 bits per heavy atom. The third-order valence-corrected chi connectivity index (χ3v) is 7.46. The van der Waals surface area contributed by atoms with Crippen LogP contribution in [0.25, 0.3) is 0 Å². The Kier molecular flexibility index (Phi) is 8.27. The van der Waals surface area contributed by atoms with Crippen molar-refractivity contribution in [3.63, 3.8) is 0 Å². The highest BCUT2D eigenvalue weighted by Gasteiger charge is 2.28. The van der Waals surface area contributed by atoms with Gasteiger partial charge < -0.3 is 14.4 Å². The molecule has 34 heavy (non-hydrogen) atoms. The normalized spacial score (nSPS) is 14.4. The molecule has 1 fully saturated rings. The van der Waals surface area contributed by atoms with Crippen LogP contribution >= 0.6 is 0 Å². The summed E-state index contributed by atoms with van der Waals surface area (Å²) in [7, 11) is -2.35. The molecular formula is C24H28N2O7S. The number of para-hydroxylation sites is 1. The SMILES string of the molecule is CCOC(=O)C1CCN(C(=O)COC(=O)c2ccc(S(=O)(=O)N(C)c3ccccc3)cc2)CC1. The van der Waals surface area contributed by atoms with Crippen LogP contribution in [0.2, 0.25) is 0 Å². The van der Waals surface area contributed by atoms with Crippen LogP contribution in [0.1, 0.15) is 30.1 Å². The van der Waals surface area contributed by atoms with E-state index in [4.69, 9.17) is 9.47 Å². The molecule has 0 radical (unpaired) electrons. The van der Waals surface area contributed by atoms with Crippen molar-refractivity contribution in [1.82, 2.24) is 4.90 Å². The third-order valence-electron chi connectivity index (χ3n) is 5.66. The zero-order valence-electron chi connectivity index (χ0n) is 19.2. The van der Waals surface area contributed by atoms with Gasteiger partial charge in [-0.2, -0.15) is 0 Å². The van der Waals surface area contributed by atoms with Gasteiger partial charge in [-0.25, -0.2) is 13.2 Å². The van der Waals surface area contributed by atoms with Crippen molar-refractivity contribution in [3.05, 3.63) is 60.2 Å². The molecule has 2 aromatic rings. The summed E-state index contributed by atoms with van der Waals surface area (Å²) in [5, 5.41) is 0. The zero-order chi connectivity index (χ0) is 24.7. The average molecular weight is 489 g/mol. The minimum atomic E-state index is -3.80. The second kappa shape index (κ2) is 11.1. The summed E-state index contributed by atoms with van der Waals surface area (Å²) in [5.41, 5.74) is 0.644. The van der Waals surface area contributed by atoms with Gasteiger partial charge in [0.15, 0.2) is 6.61 Å². The standard InChI is InChI=1S/C24H28N2O7S/c1-3-32-23(28)19-13-15-26(16-14-19)22(27)17-33-24(29)18-9-11-21(12-10-18)34(30,31)25(2)20-7-5-4-6-8-20/h4-12,19H,3,13-17H2,1-2H3. The molecule has 0 atom stereocenters. The zero-order valence-corrected chi connectivity index (χ0v) is 20.0. The van der Waals surface area contributed by atoms with Crippen LogP contribution in [0.4, 0.5) is 5.69 Å². The van der Waals surface area contributed by atoms with E-state index in [-0.39, 0.29) is 28.3 Å². The molecule has 1 aliphatic rings. The lowest BCUT2D eigenvalue weighted by Gasteiger charge is -2.30. The van der Waals surface area contributed by atoms with E-state index in [1.54, 1.807) is 42.2 Å². The number of carbonyl (C=O) groups is 3. The van der Waals surface area contributed by atoms with E-state index in [1.165, 1.54) is 31.3 Å². The summed E-state index contributed by atoms with van der Waals surface area (Å²) in [5.74, 6) is -1.54. The number of piperidine rings is 1. The van der Waals surface area contributed by atoms with Crippen molar-refractivity contribution in [2.24, 2.45) is 5.92 Å². The number of esters is 2. The molecule has 1 aliphatic heterocycles. The molecule has 0 N–H and O–H groups in total. The van der Waals surface area contributed by atoms with Gasteiger partial charge >= 0.3 is 11.9 Å². The number of benzene rings is 2. The summed E-state index contributed by atoms with van der Waals surface area (Å²) in [6.45, 7) is 2.42. The van der Waals surface area contributed by atoms with Gasteiger partial charge in [0, 0.05) is 20.1 Å². The van der Waals surface area contributed by atoms with Crippen molar-refractivity contribution in [3.8, 4) is 0 Å². The number of ether oxygens (including phenoxy) is 2. The Labute approximate surface area is 199 Å². The Balaban J connectivity index is 1.53. The number of likely N-dealkylation sites (tertiary alicyclic amines) is 1. The lowest BCUT2D eigenvalue weighted by molar-refractivity contribution is -0.151. The first-order chi connectivity index (χ1) is 16.2. The largest absolute Gasteiger partial charge is 0.466 e. The molecular weight excluding hydrogens is 460 g/mol. The van der Waals surface area contributed by atoms with Gasteiger partial charge in [0.1, 0.15) is 0 Å². The number of hydrogen-bond donors (Lipinski definition) is 0. The monoisotopic (exact) mass is 488 g/mol. The number of amides is 1. The fourth-order valence-electron chi connectivity index (χ4n) is 3.62. The molecule has 9 nitrogen and oxygen atoms in total. The average Bonchev–Trinajstić information content (AvgIpc) is 2.87. The van der Waals surface area contributed by atoms with Crippen molar-refractivity contribution in [2.45, 2.75) is 24.7 Å². The lowest BCUT2D eigenvalue weighted by atomic mass is 9.97. The van der Waals surface area contributed by atoms with E-state index < -0.39 is 22.6 Å². The van der Waals surface area contributed by atoms with Gasteiger partial charge in [0.05, 0.1) is 28.7 Å². The number of nitrogens with zero attached hydrogens (tertiary/aromatic N) is 2. The van der Waals surface area contributed by atoms with E-state index in [0.717, 1.165) is 4.31 Å². The molecule has 0 aromatic heterocycles. The maximum atomic E-state index is 12.8. The summed E-state index contributed by atoms with van der Waals surface area (Å²) < 4.78 is 37.0. The Morgan fingerprint density at radius 3 is 2.18 bits per heavy atom. The van der Waals surface area contributed by atoms with Gasteiger partial charge in [-0.05, 0) is 56.2 Å². The molecule has 0 bridgehead atoms. The van der Waals surface area contributed by atoms with Crippen LogP contribution in [-0.4, -0.2) is 64.5 Å². The van der Waals surface area contributed by atoms with Crippen molar-refractivity contribution in [2.75, 3.05) is 37.7 Å². The topological polar surface area (TPSA) is 110 Å². The van der Waals surface area contributed by atoms with E-state index in [9.17, 15) is 22.8 Å². The second-order valence-electron chi connectivity index (χ2n) is 7.82. The second-order valence-corrected chi connectivity index (χ2v) is 9.78. The number of sulfonamides is 1. The van der Waals surface area contributed by atoms with Gasteiger partial charge in [-0.3, -0.25) is 13.9 Å². The molecule has 0 spiro atoms. The molecule has 3 rings (SSSR count). The molecule has 182 valence electrons. The third kappa shape index (κ3) is 5.93. The van der Waals surface area contributed by atoms with Crippen molar-refractivity contribution >= 4 is 33.6 Å². The predicted octanol–water partition coefficient (Wildman–Crippen LogP) is 2.47.